The van der Waals surface area contributed by atoms with Gasteiger partial charge in [-0.3, -0.25) is 10.2 Å². The van der Waals surface area contributed by atoms with Crippen molar-refractivity contribution in [1.82, 2.24) is 19.3 Å². The number of aromatic nitrogens is 3. The van der Waals surface area contributed by atoms with E-state index in [1.807, 2.05) is 103 Å². The molecule has 0 aliphatic carbocycles. The molecule has 0 bridgehead atoms. The van der Waals surface area contributed by atoms with Gasteiger partial charge in [-0.05, 0) is 86.8 Å². The fraction of sp³-hybridized carbons (Fsp3) is 0.365. The van der Waals surface area contributed by atoms with E-state index in [1.54, 1.807) is 37.2 Å². The lowest BCUT2D eigenvalue weighted by Crippen LogP contribution is -2.45. The van der Waals surface area contributed by atoms with Crippen LogP contribution in [0, 0.1) is 22.7 Å². The minimum Gasteiger partial charge on any atom is -0.497 e. The van der Waals surface area contributed by atoms with E-state index < -0.39 is 44.5 Å². The van der Waals surface area contributed by atoms with Crippen molar-refractivity contribution in [1.29, 1.82) is 10.5 Å². The van der Waals surface area contributed by atoms with E-state index in [2.05, 4.69) is 59.9 Å². The van der Waals surface area contributed by atoms with Crippen LogP contribution in [0.15, 0.2) is 133 Å². The van der Waals surface area contributed by atoms with Gasteiger partial charge in [0.25, 0.3) is 14.4 Å². The Morgan fingerprint density at radius 3 is 2.04 bits per heavy atom. The zero-order valence-corrected chi connectivity index (χ0v) is 41.3. The Kier molecular flexibility index (Phi) is 18.0. The molecule has 1 fully saturated rings. The molecule has 0 radical (unpaired) electrons. The molecule has 69 heavy (non-hydrogen) atoms. The molecule has 6 aromatic rings. The maximum Gasteiger partial charge on any atom is 0.282 e. The standard InChI is InChI=1S/C52H58N7O8PS/c1-36(2)59(37(3)4)68(64-31-13-28-53)67-45-33-46(48(65-43-17-11-8-12-18-43)50(60)57-58-30-27-44-49(58)55-35-56-51(44)69-32-14-29-54)66-47(45)34-63-52(38-15-9-7-10-16-38,39-19-23-41(61-5)24-20-39)40-21-25-42(62-6)26-22-40/h7-12,15-27,30,35-37,45-48H,13-14,31-34H2,1-6H3,(H,57,60)/t45-,46-,47+,48?,68?/m0/s1. The van der Waals surface area contributed by atoms with Crippen LogP contribution in [0.25, 0.3) is 11.0 Å². The first-order valence-electron chi connectivity index (χ1n) is 22.8. The molecule has 1 saturated heterocycles. The lowest BCUT2D eigenvalue weighted by atomic mass is 9.80. The molecule has 15 nitrogen and oxygen atoms in total. The van der Waals surface area contributed by atoms with Crippen molar-refractivity contribution < 1.29 is 37.5 Å². The molecule has 0 saturated carbocycles. The second-order valence-corrected chi connectivity index (χ2v) is 19.1. The molecule has 5 atom stereocenters. The van der Waals surface area contributed by atoms with Crippen molar-refractivity contribution in [2.75, 3.05) is 38.6 Å². The van der Waals surface area contributed by atoms with Gasteiger partial charge >= 0.3 is 0 Å². The van der Waals surface area contributed by atoms with E-state index >= 15 is 0 Å². The molecule has 3 heterocycles. The molecule has 7 rings (SSSR count). The minimum atomic E-state index is -1.76. The lowest BCUT2D eigenvalue weighted by Gasteiger charge is -2.39. The van der Waals surface area contributed by atoms with Crippen LogP contribution in [0.1, 0.15) is 63.6 Å². The van der Waals surface area contributed by atoms with Crippen molar-refractivity contribution in [3.8, 4) is 29.4 Å². The fourth-order valence-corrected chi connectivity index (χ4v) is 10.9. The second kappa shape index (κ2) is 24.5. The van der Waals surface area contributed by atoms with Crippen molar-refractivity contribution in [2.45, 2.75) is 94.1 Å². The van der Waals surface area contributed by atoms with Crippen molar-refractivity contribution in [2.24, 2.45) is 0 Å². The topological polar surface area (TPSA) is 175 Å². The van der Waals surface area contributed by atoms with Crippen molar-refractivity contribution >= 4 is 37.2 Å². The number of carbonyl (C=O) groups excluding carboxylic acids is 1. The molecule has 4 aromatic carbocycles. The Hall–Kier alpha value is -6.07. The van der Waals surface area contributed by atoms with Gasteiger partial charge in [-0.15, -0.1) is 11.8 Å². The Morgan fingerprint density at radius 1 is 0.841 bits per heavy atom. The van der Waals surface area contributed by atoms with Crippen LogP contribution in [0.2, 0.25) is 0 Å². The highest BCUT2D eigenvalue weighted by Gasteiger charge is 2.48. The number of fused-ring (bicyclic) bond motifs is 1. The first-order chi connectivity index (χ1) is 33.6. The minimum absolute atomic E-state index is 0.01000. The van der Waals surface area contributed by atoms with E-state index in [1.165, 1.54) is 18.1 Å². The van der Waals surface area contributed by atoms with E-state index in [9.17, 15) is 10.1 Å². The predicted molar refractivity (Wildman–Crippen MR) is 265 cm³/mol. The molecule has 360 valence electrons. The van der Waals surface area contributed by atoms with Gasteiger partial charge in [-0.2, -0.15) is 10.5 Å². The number of para-hydroxylation sites is 1. The first kappa shape index (κ1) is 50.8. The number of nitrogens with one attached hydrogen (secondary N) is 1. The normalized spacial score (nSPS) is 16.8. The second-order valence-electron chi connectivity index (χ2n) is 16.6. The summed E-state index contributed by atoms with van der Waals surface area (Å²) in [5, 5.41) is 20.1. The summed E-state index contributed by atoms with van der Waals surface area (Å²) in [6.45, 7) is 8.47. The molecule has 2 unspecified atom stereocenters. The molecule has 1 aliphatic heterocycles. The summed E-state index contributed by atoms with van der Waals surface area (Å²) in [6, 6.07) is 40.9. The van der Waals surface area contributed by atoms with Crippen LogP contribution in [-0.2, 0) is 28.9 Å². The molecule has 17 heteroatoms. The largest absolute Gasteiger partial charge is 0.497 e. The van der Waals surface area contributed by atoms with Crippen LogP contribution >= 0.6 is 20.3 Å². The number of ether oxygens (including phenoxy) is 5. The van der Waals surface area contributed by atoms with E-state index in [0.29, 0.717) is 40.1 Å². The van der Waals surface area contributed by atoms with Gasteiger partial charge in [0.05, 0.1) is 57.5 Å². The molecule has 1 aliphatic rings. The third-order valence-corrected chi connectivity index (χ3v) is 14.6. The van der Waals surface area contributed by atoms with Crippen LogP contribution in [-0.4, -0.2) is 94.9 Å². The zero-order chi connectivity index (χ0) is 48.8. The van der Waals surface area contributed by atoms with E-state index in [4.69, 9.17) is 38.0 Å². The highest BCUT2D eigenvalue weighted by molar-refractivity contribution is 7.99. The number of methoxy groups -OCH3 is 2. The summed E-state index contributed by atoms with van der Waals surface area (Å²) < 4.78 is 49.5. The van der Waals surface area contributed by atoms with Gasteiger partial charge in [-0.1, -0.05) is 72.8 Å². The van der Waals surface area contributed by atoms with Crippen LogP contribution in [0.4, 0.5) is 0 Å². The zero-order valence-electron chi connectivity index (χ0n) is 39.6. The fourth-order valence-electron chi connectivity index (χ4n) is 8.35. The number of nitriles is 2. The Balaban J connectivity index is 1.30. The number of benzene rings is 4. The van der Waals surface area contributed by atoms with Gasteiger partial charge in [0.15, 0.2) is 5.65 Å². The molecule has 1 N–H and O–H groups in total. The average molecular weight is 972 g/mol. The highest BCUT2D eigenvalue weighted by atomic mass is 32.2. The van der Waals surface area contributed by atoms with E-state index in [-0.39, 0.29) is 38.1 Å². The smallest absolute Gasteiger partial charge is 0.282 e. The lowest BCUT2D eigenvalue weighted by molar-refractivity contribution is -0.134. The third-order valence-electron chi connectivity index (χ3n) is 11.5. The summed E-state index contributed by atoms with van der Waals surface area (Å²) in [6.07, 6.45) is 0.365. The Bertz CT molecular complexity index is 2590. The first-order valence-corrected chi connectivity index (χ1v) is 24.9. The summed E-state index contributed by atoms with van der Waals surface area (Å²) in [4.78, 5) is 23.8. The summed E-state index contributed by atoms with van der Waals surface area (Å²) >= 11 is 1.45. The van der Waals surface area contributed by atoms with Crippen LogP contribution < -0.4 is 19.6 Å². The van der Waals surface area contributed by atoms with Gasteiger partial charge in [-0.25, -0.2) is 19.3 Å². The van der Waals surface area contributed by atoms with Gasteiger partial charge in [0, 0.05) is 36.9 Å². The molecule has 2 aromatic heterocycles. The van der Waals surface area contributed by atoms with E-state index in [0.717, 1.165) is 22.1 Å². The summed E-state index contributed by atoms with van der Waals surface area (Å²) in [5.41, 5.74) is 4.83. The number of hydrogen-bond acceptors (Lipinski definition) is 14. The average Bonchev–Trinajstić information content (AvgIpc) is 3.97. The Morgan fingerprint density at radius 2 is 1.45 bits per heavy atom. The number of rotatable bonds is 24. The molecular formula is C52H58N7O8PS. The number of thioether (sulfide) groups is 1. The number of hydrogen-bond donors (Lipinski definition) is 1. The predicted octanol–water partition coefficient (Wildman–Crippen LogP) is 9.80. The quantitative estimate of drug-likeness (QED) is 0.0199. The number of amides is 1. The monoisotopic (exact) mass is 971 g/mol. The van der Waals surface area contributed by atoms with Gasteiger partial charge in [0.1, 0.15) is 46.4 Å². The van der Waals surface area contributed by atoms with Crippen molar-refractivity contribution in [3.05, 3.63) is 144 Å². The molecule has 0 spiro atoms. The highest BCUT2D eigenvalue weighted by Crippen LogP contribution is 2.50. The summed E-state index contributed by atoms with van der Waals surface area (Å²) in [7, 11) is 1.50. The summed E-state index contributed by atoms with van der Waals surface area (Å²) in [5.74, 6) is 1.91. The number of nitrogens with zero attached hydrogens (tertiary/aromatic N) is 6. The van der Waals surface area contributed by atoms with Crippen LogP contribution in [0.5, 0.6) is 17.2 Å². The van der Waals surface area contributed by atoms with Crippen LogP contribution in [0.3, 0.4) is 0 Å². The third kappa shape index (κ3) is 12.2. The maximum absolute atomic E-state index is 14.8. The maximum atomic E-state index is 14.8. The van der Waals surface area contributed by atoms with Gasteiger partial charge in [0.2, 0.25) is 6.10 Å². The number of carbonyl (C=O) groups is 1. The molecule has 1 amide bonds. The molecular weight excluding hydrogens is 914 g/mol. The van der Waals surface area contributed by atoms with Crippen molar-refractivity contribution in [3.63, 3.8) is 0 Å². The SMILES string of the molecule is COc1ccc(C(OC[C@H]2O[C@H](C(Oc3ccccc3)C(=O)Nn3ccc4c(SCCC#N)ncnc43)C[C@@H]2OP(OCCC#N)N(C(C)C)C(C)C)(c2ccccc2)c2ccc(OC)cc2)cc1. The Labute approximate surface area is 409 Å². The van der Waals surface area contributed by atoms with Gasteiger partial charge < -0.3 is 32.7 Å².